The molecule has 0 fully saturated rings. The van der Waals surface area contributed by atoms with Crippen LogP contribution in [0.2, 0.25) is 0 Å². The zero-order valence-electron chi connectivity index (χ0n) is 19.0. The molecule has 0 bridgehead atoms. The van der Waals surface area contributed by atoms with Crippen LogP contribution >= 0.6 is 17.0 Å². The van der Waals surface area contributed by atoms with Crippen molar-refractivity contribution in [2.75, 3.05) is 14.1 Å². The molecular formula is C24H48BrNO. The van der Waals surface area contributed by atoms with Crippen LogP contribution in [0, 0.1) is 5.92 Å². The van der Waals surface area contributed by atoms with Crippen LogP contribution in [0.25, 0.3) is 0 Å². The van der Waals surface area contributed by atoms with E-state index in [1.807, 2.05) is 6.92 Å². The molecule has 0 rings (SSSR count). The first kappa shape index (κ1) is 29.1. The summed E-state index contributed by atoms with van der Waals surface area (Å²) >= 11 is 0. The van der Waals surface area contributed by atoms with E-state index in [9.17, 15) is 4.79 Å². The predicted molar refractivity (Wildman–Crippen MR) is 127 cm³/mol. The lowest BCUT2D eigenvalue weighted by atomic mass is 9.89. The van der Waals surface area contributed by atoms with Gasteiger partial charge < -0.3 is 4.90 Å². The summed E-state index contributed by atoms with van der Waals surface area (Å²) < 4.78 is 0. The average Bonchev–Trinajstić information content (AvgIpc) is 2.60. The first-order valence-corrected chi connectivity index (χ1v) is 11.3. The summed E-state index contributed by atoms with van der Waals surface area (Å²) in [5, 5.41) is 0. The average molecular weight is 447 g/mol. The Kier molecular flexibility index (Phi) is 20.6. The van der Waals surface area contributed by atoms with Gasteiger partial charge in [-0.2, -0.15) is 0 Å². The Hall–Kier alpha value is -0.150. The number of Topliss-reactive ketones (excluding diaryl/α,β-unsaturated/α-hetero) is 1. The van der Waals surface area contributed by atoms with Gasteiger partial charge in [0.1, 0.15) is 0 Å². The lowest BCUT2D eigenvalue weighted by molar-refractivity contribution is -0.120. The highest BCUT2D eigenvalue weighted by Crippen LogP contribution is 2.20. The minimum atomic E-state index is 0. The van der Waals surface area contributed by atoms with Crippen molar-refractivity contribution in [2.45, 2.75) is 117 Å². The third-order valence-corrected chi connectivity index (χ3v) is 5.68. The molecule has 0 aliphatic rings. The molecule has 3 heteroatoms. The molecule has 0 aromatic rings. The number of allylic oxidation sites excluding steroid dienone is 1. The van der Waals surface area contributed by atoms with E-state index in [0.29, 0.717) is 11.6 Å². The van der Waals surface area contributed by atoms with Gasteiger partial charge in [0.15, 0.2) is 5.78 Å². The van der Waals surface area contributed by atoms with Crippen molar-refractivity contribution in [1.82, 2.24) is 4.90 Å². The van der Waals surface area contributed by atoms with Crippen LogP contribution in [0.4, 0.5) is 0 Å². The van der Waals surface area contributed by atoms with Gasteiger partial charge in [-0.3, -0.25) is 4.79 Å². The van der Waals surface area contributed by atoms with Crippen LogP contribution in [0.5, 0.6) is 0 Å². The maximum absolute atomic E-state index is 12.2. The van der Waals surface area contributed by atoms with Gasteiger partial charge in [-0.25, -0.2) is 0 Å². The summed E-state index contributed by atoms with van der Waals surface area (Å²) in [6.45, 7) is 9.99. The number of hydrogen-bond donors (Lipinski definition) is 0. The molecule has 2 unspecified atom stereocenters. The van der Waals surface area contributed by atoms with E-state index in [-0.39, 0.29) is 28.7 Å². The highest BCUT2D eigenvalue weighted by atomic mass is 79.9. The van der Waals surface area contributed by atoms with Gasteiger partial charge in [0, 0.05) is 12.0 Å². The molecule has 2 atom stereocenters. The molecular weight excluding hydrogens is 398 g/mol. The molecule has 0 aromatic carbocycles. The summed E-state index contributed by atoms with van der Waals surface area (Å²) in [5.41, 5.74) is 0.690. The Morgan fingerprint density at radius 2 is 1.19 bits per heavy atom. The SMILES string of the molecule is Br.C=C(C)C(=O)C(C)C(CCCCCCCCCCCCCCC)N(C)C. The molecule has 0 saturated carbocycles. The summed E-state index contributed by atoms with van der Waals surface area (Å²) in [6, 6.07) is 0.340. The fourth-order valence-corrected chi connectivity index (χ4v) is 3.89. The minimum Gasteiger partial charge on any atom is -0.306 e. The number of carbonyl (C=O) groups excluding carboxylic acids is 1. The number of carbonyl (C=O) groups is 1. The molecule has 0 spiro atoms. The Morgan fingerprint density at radius 1 is 0.815 bits per heavy atom. The standard InChI is InChI=1S/C24H47NO.BrH/c1-7-8-9-10-11-12-13-14-15-16-17-18-19-20-23(25(5)6)22(4)24(26)21(2)3;/h22-23H,2,7-20H2,1,3-6H3;1H. The number of hydrogen-bond acceptors (Lipinski definition) is 2. The van der Waals surface area contributed by atoms with Crippen LogP contribution in [-0.4, -0.2) is 30.8 Å². The zero-order valence-corrected chi connectivity index (χ0v) is 20.7. The molecule has 0 aliphatic heterocycles. The monoisotopic (exact) mass is 445 g/mol. The Morgan fingerprint density at radius 3 is 1.52 bits per heavy atom. The first-order chi connectivity index (χ1) is 12.4. The maximum atomic E-state index is 12.2. The molecule has 0 aliphatic carbocycles. The second kappa shape index (κ2) is 19.2. The van der Waals surface area contributed by atoms with Crippen molar-refractivity contribution in [3.8, 4) is 0 Å². The van der Waals surface area contributed by atoms with Crippen molar-refractivity contribution >= 4 is 22.8 Å². The fourth-order valence-electron chi connectivity index (χ4n) is 3.89. The van der Waals surface area contributed by atoms with E-state index in [4.69, 9.17) is 0 Å². The third kappa shape index (κ3) is 15.4. The lowest BCUT2D eigenvalue weighted by Gasteiger charge is -2.29. The lowest BCUT2D eigenvalue weighted by Crippen LogP contribution is -2.38. The topological polar surface area (TPSA) is 20.3 Å². The number of rotatable bonds is 18. The van der Waals surface area contributed by atoms with Crippen molar-refractivity contribution < 1.29 is 4.79 Å². The molecule has 0 N–H and O–H groups in total. The van der Waals surface area contributed by atoms with Gasteiger partial charge in [0.25, 0.3) is 0 Å². The van der Waals surface area contributed by atoms with Gasteiger partial charge >= 0.3 is 0 Å². The van der Waals surface area contributed by atoms with E-state index in [2.05, 4.69) is 39.4 Å². The Bertz CT molecular complexity index is 367. The molecule has 0 heterocycles. The van der Waals surface area contributed by atoms with Crippen LogP contribution in [0.15, 0.2) is 12.2 Å². The maximum Gasteiger partial charge on any atom is 0.162 e. The van der Waals surface area contributed by atoms with Crippen molar-refractivity contribution in [1.29, 1.82) is 0 Å². The van der Waals surface area contributed by atoms with Crippen LogP contribution in [0.3, 0.4) is 0 Å². The highest BCUT2D eigenvalue weighted by molar-refractivity contribution is 8.93. The number of unbranched alkanes of at least 4 members (excludes halogenated alkanes) is 12. The Labute approximate surface area is 181 Å². The second-order valence-electron chi connectivity index (χ2n) is 8.50. The van der Waals surface area contributed by atoms with E-state index in [0.717, 1.165) is 6.42 Å². The van der Waals surface area contributed by atoms with Crippen LogP contribution in [-0.2, 0) is 4.79 Å². The molecule has 27 heavy (non-hydrogen) atoms. The van der Waals surface area contributed by atoms with Crippen molar-refractivity contribution in [3.05, 3.63) is 12.2 Å². The zero-order chi connectivity index (χ0) is 19.8. The fraction of sp³-hybridized carbons (Fsp3) is 0.875. The summed E-state index contributed by atoms with van der Waals surface area (Å²) in [7, 11) is 4.18. The summed E-state index contributed by atoms with van der Waals surface area (Å²) in [5.74, 6) is 0.276. The quantitative estimate of drug-likeness (QED) is 0.158. The summed E-state index contributed by atoms with van der Waals surface area (Å²) in [6.07, 6.45) is 19.1. The van der Waals surface area contributed by atoms with E-state index in [1.165, 1.54) is 83.5 Å². The van der Waals surface area contributed by atoms with Crippen molar-refractivity contribution in [2.24, 2.45) is 5.92 Å². The second-order valence-corrected chi connectivity index (χ2v) is 8.50. The van der Waals surface area contributed by atoms with E-state index in [1.54, 1.807) is 0 Å². The predicted octanol–water partition coefficient (Wildman–Crippen LogP) is 7.76. The minimum absolute atomic E-state index is 0. The van der Waals surface area contributed by atoms with Gasteiger partial charge in [0.05, 0.1) is 0 Å². The largest absolute Gasteiger partial charge is 0.306 e. The number of halogens is 1. The normalized spacial score (nSPS) is 13.3. The molecule has 0 amide bonds. The van der Waals surface area contributed by atoms with Gasteiger partial charge in [0.2, 0.25) is 0 Å². The molecule has 2 nitrogen and oxygen atoms in total. The van der Waals surface area contributed by atoms with Crippen molar-refractivity contribution in [3.63, 3.8) is 0 Å². The molecule has 0 aromatic heterocycles. The summed E-state index contributed by atoms with van der Waals surface area (Å²) in [4.78, 5) is 14.4. The third-order valence-electron chi connectivity index (χ3n) is 5.68. The first-order valence-electron chi connectivity index (χ1n) is 11.3. The number of nitrogens with zero attached hydrogens (tertiary/aromatic N) is 1. The van der Waals surface area contributed by atoms with Crippen LogP contribution < -0.4 is 0 Å². The molecule has 0 saturated heterocycles. The van der Waals surface area contributed by atoms with E-state index >= 15 is 0 Å². The van der Waals surface area contributed by atoms with Gasteiger partial charge in [-0.05, 0) is 33.0 Å². The van der Waals surface area contributed by atoms with Gasteiger partial charge in [-0.15, -0.1) is 17.0 Å². The molecule has 0 radical (unpaired) electrons. The molecule has 162 valence electrons. The number of ketones is 1. The Balaban J connectivity index is 0. The highest BCUT2D eigenvalue weighted by Gasteiger charge is 2.25. The van der Waals surface area contributed by atoms with Gasteiger partial charge in [-0.1, -0.05) is 104 Å². The van der Waals surface area contributed by atoms with E-state index < -0.39 is 0 Å². The smallest absolute Gasteiger partial charge is 0.162 e. The van der Waals surface area contributed by atoms with Crippen LogP contribution in [0.1, 0.15) is 111 Å².